The zero-order valence-electron chi connectivity index (χ0n) is 7.79. The van der Waals surface area contributed by atoms with Crippen molar-refractivity contribution in [2.24, 2.45) is 5.10 Å². The summed E-state index contributed by atoms with van der Waals surface area (Å²) in [6, 6.07) is 2.89. The summed E-state index contributed by atoms with van der Waals surface area (Å²) >= 11 is 11.4. The summed E-state index contributed by atoms with van der Waals surface area (Å²) in [5.74, 6) is -0.436. The fourth-order valence-corrected chi connectivity index (χ4v) is 1.39. The Kier molecular flexibility index (Phi) is 3.94. The zero-order chi connectivity index (χ0) is 11.4. The number of amides is 1. The Morgan fingerprint density at radius 3 is 2.80 bits per heavy atom. The van der Waals surface area contributed by atoms with Crippen LogP contribution in [0.1, 0.15) is 12.5 Å². The van der Waals surface area contributed by atoms with Crippen LogP contribution in [-0.4, -0.2) is 17.2 Å². The Hall–Kier alpha value is -1.26. The van der Waals surface area contributed by atoms with Gasteiger partial charge in [-0.05, 0) is 12.1 Å². The molecule has 0 atom stereocenters. The lowest BCUT2D eigenvalue weighted by Gasteiger charge is -2.01. The lowest BCUT2D eigenvalue weighted by Crippen LogP contribution is -2.12. The number of nitrogens with one attached hydrogen (secondary N) is 1. The number of phenolic OH excluding ortho intramolecular Hbond substituents is 1. The maximum atomic E-state index is 10.5. The number of rotatable bonds is 2. The average Bonchev–Trinajstić information content (AvgIpc) is 2.12. The summed E-state index contributed by atoms with van der Waals surface area (Å²) in [6.07, 6.45) is 1.26. The maximum Gasteiger partial charge on any atom is 0.236 e. The van der Waals surface area contributed by atoms with Crippen LogP contribution in [0, 0.1) is 0 Å². The first-order valence-electron chi connectivity index (χ1n) is 3.98. The number of carbonyl (C=O) groups is 1. The maximum absolute atomic E-state index is 10.5. The molecule has 0 radical (unpaired) electrons. The fourth-order valence-electron chi connectivity index (χ4n) is 0.877. The lowest BCUT2D eigenvalue weighted by atomic mass is 10.2. The third-order valence-corrected chi connectivity index (χ3v) is 1.99. The first kappa shape index (κ1) is 11.8. The molecule has 1 aromatic rings. The molecular weight excluding hydrogens is 239 g/mol. The largest absolute Gasteiger partial charge is 0.506 e. The second kappa shape index (κ2) is 5.00. The van der Waals surface area contributed by atoms with Gasteiger partial charge in [0.2, 0.25) is 5.91 Å². The number of aromatic hydroxyl groups is 1. The van der Waals surface area contributed by atoms with Gasteiger partial charge < -0.3 is 5.11 Å². The summed E-state index contributed by atoms with van der Waals surface area (Å²) in [4.78, 5) is 10.5. The molecule has 1 rings (SSSR count). The van der Waals surface area contributed by atoms with Crippen LogP contribution in [-0.2, 0) is 4.79 Å². The van der Waals surface area contributed by atoms with E-state index in [0.29, 0.717) is 10.6 Å². The minimum Gasteiger partial charge on any atom is -0.506 e. The molecule has 0 spiro atoms. The molecule has 0 aliphatic carbocycles. The van der Waals surface area contributed by atoms with Crippen molar-refractivity contribution < 1.29 is 9.90 Å². The molecule has 0 bridgehead atoms. The van der Waals surface area contributed by atoms with E-state index in [2.05, 4.69) is 10.5 Å². The highest BCUT2D eigenvalue weighted by atomic mass is 35.5. The quantitative estimate of drug-likeness (QED) is 0.621. The molecule has 2 N–H and O–H groups in total. The summed E-state index contributed by atoms with van der Waals surface area (Å²) in [5, 5.41) is 13.6. The van der Waals surface area contributed by atoms with Gasteiger partial charge in [-0.2, -0.15) is 5.10 Å². The van der Waals surface area contributed by atoms with Gasteiger partial charge in [-0.1, -0.05) is 23.2 Å². The van der Waals surface area contributed by atoms with Crippen molar-refractivity contribution in [3.05, 3.63) is 27.7 Å². The van der Waals surface area contributed by atoms with E-state index in [1.165, 1.54) is 25.3 Å². The van der Waals surface area contributed by atoms with Crippen molar-refractivity contribution in [2.45, 2.75) is 6.92 Å². The number of benzene rings is 1. The van der Waals surface area contributed by atoms with Gasteiger partial charge in [-0.3, -0.25) is 4.79 Å². The second-order valence-corrected chi connectivity index (χ2v) is 3.60. The first-order valence-corrected chi connectivity index (χ1v) is 4.74. The minimum absolute atomic E-state index is 0.129. The summed E-state index contributed by atoms with van der Waals surface area (Å²) in [5.41, 5.74) is 2.53. The van der Waals surface area contributed by atoms with Gasteiger partial charge in [0.1, 0.15) is 5.75 Å². The Labute approximate surface area is 96.5 Å². The van der Waals surface area contributed by atoms with E-state index in [4.69, 9.17) is 23.2 Å². The first-order chi connectivity index (χ1) is 7.00. The molecule has 0 aliphatic rings. The third-order valence-electron chi connectivity index (χ3n) is 1.48. The molecule has 80 valence electrons. The average molecular weight is 247 g/mol. The molecule has 15 heavy (non-hydrogen) atoms. The Balaban J connectivity index is 2.94. The second-order valence-electron chi connectivity index (χ2n) is 2.75. The topological polar surface area (TPSA) is 61.7 Å². The van der Waals surface area contributed by atoms with Gasteiger partial charge >= 0.3 is 0 Å². The van der Waals surface area contributed by atoms with Crippen LogP contribution in [0.2, 0.25) is 10.0 Å². The van der Waals surface area contributed by atoms with Crippen LogP contribution in [0.5, 0.6) is 5.75 Å². The van der Waals surface area contributed by atoms with E-state index >= 15 is 0 Å². The number of hydrogen-bond donors (Lipinski definition) is 2. The molecule has 0 fully saturated rings. The van der Waals surface area contributed by atoms with Crippen molar-refractivity contribution in [3.63, 3.8) is 0 Å². The van der Waals surface area contributed by atoms with Crippen molar-refractivity contribution >= 4 is 35.3 Å². The highest BCUT2D eigenvalue weighted by Crippen LogP contribution is 2.29. The predicted octanol–water partition coefficient (Wildman–Crippen LogP) is 2.17. The molecule has 0 unspecified atom stereocenters. The third kappa shape index (κ3) is 3.42. The van der Waals surface area contributed by atoms with E-state index in [9.17, 15) is 9.90 Å². The van der Waals surface area contributed by atoms with Gasteiger partial charge in [-0.15, -0.1) is 0 Å². The van der Waals surface area contributed by atoms with Crippen LogP contribution in [0.4, 0.5) is 0 Å². The summed E-state index contributed by atoms with van der Waals surface area (Å²) in [7, 11) is 0. The van der Waals surface area contributed by atoms with E-state index < -0.39 is 0 Å². The number of nitrogens with zero attached hydrogens (tertiary/aromatic N) is 1. The predicted molar refractivity (Wildman–Crippen MR) is 59.5 cm³/mol. The number of carbonyl (C=O) groups excluding carboxylic acids is 1. The smallest absolute Gasteiger partial charge is 0.236 e. The van der Waals surface area contributed by atoms with E-state index in [-0.39, 0.29) is 16.7 Å². The number of hydrogen-bond acceptors (Lipinski definition) is 3. The number of halogens is 2. The molecule has 0 saturated heterocycles. The van der Waals surface area contributed by atoms with Crippen LogP contribution < -0.4 is 5.43 Å². The Bertz CT molecular complexity index is 419. The molecule has 0 aliphatic heterocycles. The van der Waals surface area contributed by atoms with Crippen LogP contribution in [0.3, 0.4) is 0 Å². The summed E-state index contributed by atoms with van der Waals surface area (Å²) < 4.78 is 0. The Morgan fingerprint density at radius 1 is 1.53 bits per heavy atom. The van der Waals surface area contributed by atoms with Crippen molar-refractivity contribution in [2.75, 3.05) is 0 Å². The highest BCUT2D eigenvalue weighted by Gasteiger charge is 2.05. The molecular formula is C9H8Cl2N2O2. The molecule has 6 heteroatoms. The monoisotopic (exact) mass is 246 g/mol. The van der Waals surface area contributed by atoms with Gasteiger partial charge in [0.15, 0.2) is 0 Å². The number of phenols is 1. The van der Waals surface area contributed by atoms with Gasteiger partial charge in [-0.25, -0.2) is 5.43 Å². The molecule has 4 nitrogen and oxygen atoms in total. The fraction of sp³-hybridized carbons (Fsp3) is 0.111. The van der Waals surface area contributed by atoms with E-state index in [1.807, 2.05) is 0 Å². The minimum atomic E-state index is -0.307. The number of hydrazone groups is 1. The van der Waals surface area contributed by atoms with Gasteiger partial charge in [0.25, 0.3) is 0 Å². The lowest BCUT2D eigenvalue weighted by molar-refractivity contribution is -0.118. The van der Waals surface area contributed by atoms with Crippen LogP contribution in [0.25, 0.3) is 0 Å². The van der Waals surface area contributed by atoms with Crippen molar-refractivity contribution in [3.8, 4) is 5.75 Å². The Morgan fingerprint density at radius 2 is 2.20 bits per heavy atom. The molecule has 1 aromatic carbocycles. The van der Waals surface area contributed by atoms with E-state index in [0.717, 1.165) is 0 Å². The standard InChI is InChI=1S/C9H8Cl2N2O2/c1-5(14)13-12-4-6-2-7(10)3-8(11)9(6)15/h2-4,15H,1H3,(H,13,14)/b12-4+. The van der Waals surface area contributed by atoms with Crippen molar-refractivity contribution in [1.82, 2.24) is 5.43 Å². The highest BCUT2D eigenvalue weighted by molar-refractivity contribution is 6.36. The van der Waals surface area contributed by atoms with Gasteiger partial charge in [0, 0.05) is 17.5 Å². The normalized spacial score (nSPS) is 10.6. The molecule has 0 heterocycles. The summed E-state index contributed by atoms with van der Waals surface area (Å²) in [6.45, 7) is 1.32. The van der Waals surface area contributed by atoms with Crippen LogP contribution >= 0.6 is 23.2 Å². The molecule has 0 aromatic heterocycles. The molecule has 0 saturated carbocycles. The van der Waals surface area contributed by atoms with Crippen molar-refractivity contribution in [1.29, 1.82) is 0 Å². The van der Waals surface area contributed by atoms with Crippen LogP contribution in [0.15, 0.2) is 17.2 Å². The van der Waals surface area contributed by atoms with Gasteiger partial charge in [0.05, 0.1) is 11.2 Å². The zero-order valence-corrected chi connectivity index (χ0v) is 9.30. The van der Waals surface area contributed by atoms with E-state index in [1.54, 1.807) is 0 Å². The molecule has 1 amide bonds. The SMILES string of the molecule is CC(=O)N/N=C/c1cc(Cl)cc(Cl)c1O.